The first-order chi connectivity index (χ1) is 13.5. The van der Waals surface area contributed by atoms with Crippen LogP contribution in [0.4, 0.5) is 0 Å². The zero-order valence-electron chi connectivity index (χ0n) is 15.3. The Kier molecular flexibility index (Phi) is 6.39. The summed E-state index contributed by atoms with van der Waals surface area (Å²) in [6.45, 7) is 1.59. The van der Waals surface area contributed by atoms with E-state index in [4.69, 9.17) is 4.74 Å². The highest BCUT2D eigenvalue weighted by molar-refractivity contribution is 7.12. The van der Waals surface area contributed by atoms with Crippen molar-refractivity contribution < 1.29 is 19.1 Å². The molecule has 0 radical (unpaired) electrons. The van der Waals surface area contributed by atoms with Crippen LogP contribution in [0.15, 0.2) is 60.0 Å². The number of amides is 2. The van der Waals surface area contributed by atoms with Crippen molar-refractivity contribution in [3.63, 3.8) is 0 Å². The molecule has 3 rings (SSSR count). The largest absolute Gasteiger partial charge is 0.481 e. The second-order valence-corrected chi connectivity index (χ2v) is 7.15. The van der Waals surface area contributed by atoms with E-state index in [2.05, 4.69) is 10.9 Å². The number of carbonyl (C=O) groups excluding carboxylic acids is 3. The van der Waals surface area contributed by atoms with Gasteiger partial charge in [-0.25, -0.2) is 0 Å². The minimum atomic E-state index is -0.797. The lowest BCUT2D eigenvalue weighted by Gasteiger charge is -2.15. The number of carbonyl (C=O) groups is 3. The molecule has 0 saturated carbocycles. The molecule has 6 nitrogen and oxygen atoms in total. The van der Waals surface area contributed by atoms with Gasteiger partial charge in [0.2, 0.25) is 5.91 Å². The Bertz CT molecular complexity index is 985. The van der Waals surface area contributed by atoms with Crippen molar-refractivity contribution in [1.29, 1.82) is 0 Å². The number of benzene rings is 2. The molecule has 0 spiro atoms. The number of hydrogen-bond donors (Lipinski definition) is 2. The van der Waals surface area contributed by atoms with Gasteiger partial charge in [0.25, 0.3) is 5.91 Å². The summed E-state index contributed by atoms with van der Waals surface area (Å²) in [7, 11) is 0. The fraction of sp³-hybridized carbons (Fsp3) is 0.190. The van der Waals surface area contributed by atoms with Crippen LogP contribution in [0, 0.1) is 0 Å². The van der Waals surface area contributed by atoms with Gasteiger partial charge >= 0.3 is 0 Å². The molecule has 0 saturated heterocycles. The number of ketones is 1. The molecule has 0 aliphatic heterocycles. The Balaban J connectivity index is 1.44. The molecule has 2 aromatic carbocycles. The Hall–Kier alpha value is -3.19. The monoisotopic (exact) mass is 396 g/mol. The molecule has 1 unspecified atom stereocenters. The van der Waals surface area contributed by atoms with Crippen molar-refractivity contribution in [2.24, 2.45) is 0 Å². The molecule has 0 fully saturated rings. The highest BCUT2D eigenvalue weighted by atomic mass is 32.1. The lowest BCUT2D eigenvalue weighted by Crippen LogP contribution is -2.47. The first-order valence-corrected chi connectivity index (χ1v) is 9.72. The maximum atomic E-state index is 12.1. The molecule has 2 N–H and O–H groups in total. The van der Waals surface area contributed by atoms with Crippen molar-refractivity contribution in [2.75, 3.05) is 0 Å². The van der Waals surface area contributed by atoms with Crippen LogP contribution in [-0.2, 0) is 9.59 Å². The van der Waals surface area contributed by atoms with E-state index in [9.17, 15) is 14.4 Å². The van der Waals surface area contributed by atoms with E-state index in [0.29, 0.717) is 10.6 Å². The Morgan fingerprint density at radius 1 is 0.964 bits per heavy atom. The average molecular weight is 396 g/mol. The van der Waals surface area contributed by atoms with Gasteiger partial charge in [0.1, 0.15) is 5.75 Å². The SMILES string of the molecule is CC(Oc1ccc2ccccc2c1)C(=O)NNC(=O)CCC(=O)c1cccs1. The van der Waals surface area contributed by atoms with Crippen LogP contribution in [0.1, 0.15) is 29.4 Å². The van der Waals surface area contributed by atoms with Crippen LogP contribution in [0.2, 0.25) is 0 Å². The minimum absolute atomic E-state index is 0.00305. The number of hydrogen-bond acceptors (Lipinski definition) is 5. The highest BCUT2D eigenvalue weighted by Crippen LogP contribution is 2.21. The van der Waals surface area contributed by atoms with Crippen molar-refractivity contribution in [3.05, 3.63) is 64.9 Å². The van der Waals surface area contributed by atoms with Crippen LogP contribution < -0.4 is 15.6 Å². The summed E-state index contributed by atoms with van der Waals surface area (Å²) in [6.07, 6.45) is -0.711. The zero-order valence-corrected chi connectivity index (χ0v) is 16.1. The molecular weight excluding hydrogens is 376 g/mol. The molecule has 7 heteroatoms. The summed E-state index contributed by atoms with van der Waals surface area (Å²) in [5, 5.41) is 3.90. The molecule has 1 aromatic heterocycles. The zero-order chi connectivity index (χ0) is 19.9. The molecule has 0 aliphatic rings. The Labute approximate surface area is 166 Å². The summed E-state index contributed by atoms with van der Waals surface area (Å²) < 4.78 is 5.65. The molecular formula is C21H20N2O4S. The maximum Gasteiger partial charge on any atom is 0.279 e. The van der Waals surface area contributed by atoms with Crippen molar-refractivity contribution >= 4 is 39.7 Å². The quantitative estimate of drug-likeness (QED) is 0.473. The summed E-state index contributed by atoms with van der Waals surface area (Å²) in [4.78, 5) is 36.5. The van der Waals surface area contributed by atoms with Gasteiger partial charge in [-0.05, 0) is 41.3 Å². The third-order valence-electron chi connectivity index (χ3n) is 4.10. The van der Waals surface area contributed by atoms with Crippen molar-refractivity contribution in [1.82, 2.24) is 10.9 Å². The Morgan fingerprint density at radius 3 is 2.50 bits per heavy atom. The van der Waals surface area contributed by atoms with E-state index in [-0.39, 0.29) is 18.6 Å². The van der Waals surface area contributed by atoms with Crippen LogP contribution in [0.3, 0.4) is 0 Å². The number of thiophene rings is 1. The van der Waals surface area contributed by atoms with Crippen LogP contribution in [0.25, 0.3) is 10.8 Å². The fourth-order valence-electron chi connectivity index (χ4n) is 2.58. The van der Waals surface area contributed by atoms with E-state index in [1.165, 1.54) is 11.3 Å². The van der Waals surface area contributed by atoms with E-state index in [0.717, 1.165) is 10.8 Å². The van der Waals surface area contributed by atoms with E-state index < -0.39 is 17.9 Å². The molecule has 3 aromatic rings. The number of rotatable bonds is 7. The molecule has 28 heavy (non-hydrogen) atoms. The second-order valence-electron chi connectivity index (χ2n) is 6.21. The number of fused-ring (bicyclic) bond motifs is 1. The number of Topliss-reactive ketones (excluding diaryl/α,β-unsaturated/α-hetero) is 1. The number of hydrazine groups is 1. The van der Waals surface area contributed by atoms with Gasteiger partial charge in [-0.15, -0.1) is 11.3 Å². The van der Waals surface area contributed by atoms with Crippen molar-refractivity contribution in [3.8, 4) is 5.75 Å². The topological polar surface area (TPSA) is 84.5 Å². The van der Waals surface area contributed by atoms with Crippen LogP contribution in [0.5, 0.6) is 5.75 Å². The lowest BCUT2D eigenvalue weighted by atomic mass is 10.1. The maximum absolute atomic E-state index is 12.1. The first kappa shape index (κ1) is 19.6. The lowest BCUT2D eigenvalue weighted by molar-refractivity contribution is -0.132. The average Bonchev–Trinajstić information content (AvgIpc) is 3.25. The molecule has 1 atom stereocenters. The molecule has 0 bridgehead atoms. The van der Waals surface area contributed by atoms with E-state index in [1.807, 2.05) is 41.8 Å². The van der Waals surface area contributed by atoms with Gasteiger partial charge in [-0.2, -0.15) is 0 Å². The molecule has 2 amide bonds. The number of nitrogens with one attached hydrogen (secondary N) is 2. The van der Waals surface area contributed by atoms with E-state index >= 15 is 0 Å². The van der Waals surface area contributed by atoms with Gasteiger partial charge in [-0.3, -0.25) is 25.2 Å². The van der Waals surface area contributed by atoms with Crippen LogP contribution >= 0.6 is 11.3 Å². The molecule has 1 heterocycles. The Morgan fingerprint density at radius 2 is 1.75 bits per heavy atom. The minimum Gasteiger partial charge on any atom is -0.481 e. The van der Waals surface area contributed by atoms with Gasteiger partial charge in [0.15, 0.2) is 11.9 Å². The first-order valence-electron chi connectivity index (χ1n) is 8.84. The van der Waals surface area contributed by atoms with Crippen LogP contribution in [-0.4, -0.2) is 23.7 Å². The molecule has 144 valence electrons. The van der Waals surface area contributed by atoms with Gasteiger partial charge in [0.05, 0.1) is 4.88 Å². The summed E-state index contributed by atoms with van der Waals surface area (Å²) in [6, 6.07) is 16.9. The smallest absolute Gasteiger partial charge is 0.279 e. The summed E-state index contributed by atoms with van der Waals surface area (Å²) in [5.74, 6) is -0.444. The normalized spacial score (nSPS) is 11.6. The predicted octanol–water partition coefficient (Wildman–Crippen LogP) is 3.48. The standard InChI is InChI=1S/C21H20N2O4S/c1-14(27-17-9-8-15-5-2-3-6-16(15)13-17)21(26)23-22-20(25)11-10-18(24)19-7-4-12-28-19/h2-9,12-14H,10-11H2,1H3,(H,22,25)(H,23,26). The highest BCUT2D eigenvalue weighted by Gasteiger charge is 2.16. The van der Waals surface area contributed by atoms with Crippen molar-refractivity contribution in [2.45, 2.75) is 25.9 Å². The number of ether oxygens (including phenoxy) is 1. The second kappa shape index (κ2) is 9.14. The van der Waals surface area contributed by atoms with Gasteiger partial charge in [0, 0.05) is 12.8 Å². The fourth-order valence-corrected chi connectivity index (χ4v) is 3.28. The van der Waals surface area contributed by atoms with E-state index in [1.54, 1.807) is 25.1 Å². The molecule has 0 aliphatic carbocycles. The summed E-state index contributed by atoms with van der Waals surface area (Å²) >= 11 is 1.34. The van der Waals surface area contributed by atoms with Gasteiger partial charge < -0.3 is 4.74 Å². The third kappa shape index (κ3) is 5.17. The third-order valence-corrected chi connectivity index (χ3v) is 5.01. The van der Waals surface area contributed by atoms with Gasteiger partial charge in [-0.1, -0.05) is 36.4 Å². The summed E-state index contributed by atoms with van der Waals surface area (Å²) in [5.41, 5.74) is 4.64. The predicted molar refractivity (Wildman–Crippen MR) is 108 cm³/mol.